The number of carboxylic acid groups (broad SMARTS) is 1. The lowest BCUT2D eigenvalue weighted by molar-refractivity contribution is -0.145. The van der Waals surface area contributed by atoms with Crippen molar-refractivity contribution in [1.82, 2.24) is 40.3 Å². The molecule has 41 heavy (non-hydrogen) atoms. The van der Waals surface area contributed by atoms with E-state index in [1.54, 1.807) is 17.2 Å². The van der Waals surface area contributed by atoms with E-state index in [-0.39, 0.29) is 61.4 Å². The molecule has 13 nitrogen and oxygen atoms in total. The Morgan fingerprint density at radius 1 is 1.20 bits per heavy atom. The van der Waals surface area contributed by atoms with Gasteiger partial charge < -0.3 is 24.6 Å². The van der Waals surface area contributed by atoms with Crippen molar-refractivity contribution in [3.63, 3.8) is 0 Å². The molecule has 6 rings (SSSR count). The molecule has 2 amide bonds. The summed E-state index contributed by atoms with van der Waals surface area (Å²) in [6.07, 6.45) is 4.34. The predicted octanol–water partition coefficient (Wildman–Crippen LogP) is 1.89. The molecule has 2 unspecified atom stereocenters. The third-order valence-electron chi connectivity index (χ3n) is 7.78. The monoisotopic (exact) mass is 567 g/mol. The van der Waals surface area contributed by atoms with E-state index in [1.807, 2.05) is 30.3 Å². The molecule has 3 aliphatic heterocycles. The number of halogens is 2. The number of tetrazole rings is 1. The second-order valence-electron chi connectivity index (χ2n) is 10.2. The van der Waals surface area contributed by atoms with Crippen molar-refractivity contribution in [2.75, 3.05) is 26.2 Å². The summed E-state index contributed by atoms with van der Waals surface area (Å²) < 4.78 is 33.2. The number of hydrogen-bond donors (Lipinski definition) is 2. The summed E-state index contributed by atoms with van der Waals surface area (Å²) in [7, 11) is 0. The number of alkyl halides is 2. The minimum absolute atomic E-state index is 0.0189. The van der Waals surface area contributed by atoms with Crippen LogP contribution in [-0.4, -0.2) is 84.5 Å². The first kappa shape index (κ1) is 26.7. The molecule has 1 saturated heterocycles. The van der Waals surface area contributed by atoms with Gasteiger partial charge in [-0.15, -0.1) is 10.2 Å². The van der Waals surface area contributed by atoms with Crippen LogP contribution >= 0.6 is 0 Å². The van der Waals surface area contributed by atoms with Crippen molar-refractivity contribution >= 4 is 18.2 Å². The Bertz CT molecular complexity index is 1510. The second-order valence-corrected chi connectivity index (χ2v) is 10.2. The van der Waals surface area contributed by atoms with Crippen LogP contribution in [0.4, 0.5) is 13.6 Å². The van der Waals surface area contributed by atoms with Gasteiger partial charge in [0.15, 0.2) is 0 Å². The molecule has 0 aliphatic carbocycles. The molecule has 2 aromatic heterocycles. The number of fused-ring (bicyclic) bond motifs is 1. The third kappa shape index (κ3) is 4.65. The number of piperazine rings is 1. The predicted molar refractivity (Wildman–Crippen MR) is 138 cm³/mol. The van der Waals surface area contributed by atoms with E-state index < -0.39 is 23.6 Å². The number of nitrogens with zero attached hydrogens (tertiary/aromatic N) is 8. The summed E-state index contributed by atoms with van der Waals surface area (Å²) in [5, 5.41) is 24.3. The van der Waals surface area contributed by atoms with Gasteiger partial charge in [0.25, 0.3) is 0 Å². The fourth-order valence-corrected chi connectivity index (χ4v) is 5.65. The maximum atomic E-state index is 14.8. The molecule has 15 heteroatoms. The molecule has 214 valence electrons. The highest BCUT2D eigenvalue weighted by molar-refractivity contribution is 5.93. The maximum Gasteiger partial charge on any atom is 0.407 e. The van der Waals surface area contributed by atoms with E-state index in [1.165, 1.54) is 11.1 Å². The molecule has 0 bridgehead atoms. The molecule has 1 fully saturated rings. The van der Waals surface area contributed by atoms with Crippen LogP contribution in [0.25, 0.3) is 0 Å². The molecule has 2 atom stereocenters. The Hall–Kier alpha value is -4.53. The minimum Gasteiger partial charge on any atom is -0.465 e. The Morgan fingerprint density at radius 2 is 2.02 bits per heavy atom. The third-order valence-corrected chi connectivity index (χ3v) is 7.78. The van der Waals surface area contributed by atoms with Gasteiger partial charge in [0.2, 0.25) is 17.6 Å². The second kappa shape index (κ2) is 10.5. The number of nitrogens with one attached hydrogen (secondary N) is 1. The normalized spacial score (nSPS) is 24.1. The molecular formula is C26H27F2N9O4. The summed E-state index contributed by atoms with van der Waals surface area (Å²) in [4.78, 5) is 38.3. The number of carbonyl (C=O) groups is 2. The van der Waals surface area contributed by atoms with Crippen LogP contribution in [0.5, 0.6) is 0 Å². The van der Waals surface area contributed by atoms with Crippen LogP contribution in [-0.2, 0) is 35.1 Å². The van der Waals surface area contributed by atoms with Crippen LogP contribution in [0.1, 0.15) is 41.7 Å². The number of aliphatic imine (C=N–C) groups is 1. The number of oxazole rings is 1. The quantitative estimate of drug-likeness (QED) is 0.454. The van der Waals surface area contributed by atoms with E-state index in [9.17, 15) is 23.5 Å². The lowest BCUT2D eigenvalue weighted by atomic mass is 9.78. The largest absolute Gasteiger partial charge is 0.465 e. The highest BCUT2D eigenvalue weighted by Crippen LogP contribution is 2.40. The van der Waals surface area contributed by atoms with E-state index >= 15 is 0 Å². The number of carbonyl (C=O) groups excluding carboxylic acids is 1. The van der Waals surface area contributed by atoms with Gasteiger partial charge in [-0.1, -0.05) is 35.1 Å². The Kier molecular flexibility index (Phi) is 6.81. The van der Waals surface area contributed by atoms with Crippen molar-refractivity contribution in [3.05, 3.63) is 71.3 Å². The molecule has 2 N–H and O–H groups in total. The molecule has 0 saturated carbocycles. The number of amides is 2. The van der Waals surface area contributed by atoms with Crippen molar-refractivity contribution in [2.45, 2.75) is 43.3 Å². The summed E-state index contributed by atoms with van der Waals surface area (Å²) in [5.41, 5.74) is -1.39. The Balaban J connectivity index is 1.45. The van der Waals surface area contributed by atoms with Gasteiger partial charge in [-0.05, 0) is 16.9 Å². The SMILES string of the molecule is O=C(O)N1CCc2oc(C3(C(=O)N4CCNCC4(Cc4ccccc4)c4nnn(C(F)F)n4)C=CN=CC3)nc2C1. The fourth-order valence-electron chi connectivity index (χ4n) is 5.65. The van der Waals surface area contributed by atoms with Crippen molar-refractivity contribution in [1.29, 1.82) is 0 Å². The van der Waals surface area contributed by atoms with E-state index in [2.05, 4.69) is 30.7 Å². The molecule has 5 heterocycles. The lowest BCUT2D eigenvalue weighted by Gasteiger charge is -2.48. The van der Waals surface area contributed by atoms with E-state index in [4.69, 9.17) is 4.42 Å². The number of rotatable bonds is 6. The van der Waals surface area contributed by atoms with Gasteiger partial charge in [-0.3, -0.25) is 9.79 Å². The van der Waals surface area contributed by atoms with Crippen molar-refractivity contribution < 1.29 is 27.9 Å². The molecule has 0 radical (unpaired) electrons. The van der Waals surface area contributed by atoms with Crippen LogP contribution in [0.3, 0.4) is 0 Å². The average Bonchev–Trinajstić information content (AvgIpc) is 3.66. The zero-order chi connectivity index (χ0) is 28.6. The average molecular weight is 568 g/mol. The van der Waals surface area contributed by atoms with Gasteiger partial charge in [0.05, 0.1) is 6.54 Å². The standard InChI is InChI=1S/C26H27F2N9O4/c27-23(28)37-33-20(32-34-37)26(14-17-4-2-1-3-5-17)16-30-11-13-36(26)22(38)25(7-9-29-10-8-25)21-31-18-15-35(24(39)40)12-6-19(18)41-21/h1-5,7,9-10,23,30H,6,8,11-16H2,(H,39,40). The number of aromatic nitrogens is 5. The van der Waals surface area contributed by atoms with Gasteiger partial charge in [-0.25, -0.2) is 9.78 Å². The highest BCUT2D eigenvalue weighted by Gasteiger charge is 2.54. The minimum atomic E-state index is -3.00. The van der Waals surface area contributed by atoms with Gasteiger partial charge in [0.1, 0.15) is 22.4 Å². The first-order valence-corrected chi connectivity index (χ1v) is 13.1. The maximum absolute atomic E-state index is 14.8. The fraction of sp³-hybridized carbons (Fsp3) is 0.423. The van der Waals surface area contributed by atoms with Crippen LogP contribution in [0.2, 0.25) is 0 Å². The zero-order valence-electron chi connectivity index (χ0n) is 21.9. The zero-order valence-corrected chi connectivity index (χ0v) is 21.9. The summed E-state index contributed by atoms with van der Waals surface area (Å²) in [5.74, 6) is 0.241. The van der Waals surface area contributed by atoms with Crippen molar-refractivity contribution in [3.8, 4) is 0 Å². The molecular weight excluding hydrogens is 540 g/mol. The van der Waals surface area contributed by atoms with Crippen LogP contribution < -0.4 is 5.32 Å². The molecule has 1 aromatic carbocycles. The van der Waals surface area contributed by atoms with Gasteiger partial charge >= 0.3 is 12.6 Å². The molecule has 0 spiro atoms. The summed E-state index contributed by atoms with van der Waals surface area (Å²) in [6.45, 7) is -1.87. The van der Waals surface area contributed by atoms with Gasteiger partial charge in [-0.2, -0.15) is 8.78 Å². The number of benzene rings is 1. The van der Waals surface area contributed by atoms with Crippen LogP contribution in [0, 0.1) is 0 Å². The first-order chi connectivity index (χ1) is 19.8. The molecule has 3 aliphatic rings. The highest BCUT2D eigenvalue weighted by atomic mass is 19.3. The summed E-state index contributed by atoms with van der Waals surface area (Å²) in [6, 6.07) is 9.34. The topological polar surface area (TPSA) is 155 Å². The first-order valence-electron chi connectivity index (χ1n) is 13.1. The van der Waals surface area contributed by atoms with Crippen LogP contribution in [0.15, 0.2) is 52.0 Å². The van der Waals surface area contributed by atoms with E-state index in [0.717, 1.165) is 5.56 Å². The Morgan fingerprint density at radius 3 is 2.73 bits per heavy atom. The van der Waals surface area contributed by atoms with Gasteiger partial charge in [0, 0.05) is 57.9 Å². The smallest absolute Gasteiger partial charge is 0.407 e. The van der Waals surface area contributed by atoms with Crippen molar-refractivity contribution in [2.24, 2.45) is 4.99 Å². The molecule has 3 aromatic rings. The Labute approximate surface area is 232 Å². The van der Waals surface area contributed by atoms with E-state index in [0.29, 0.717) is 24.4 Å². The summed E-state index contributed by atoms with van der Waals surface area (Å²) >= 11 is 0. The lowest BCUT2D eigenvalue weighted by Crippen LogP contribution is -2.65. The number of hydrogen-bond acceptors (Lipinski definition) is 9.